The molecule has 2 aromatic carbocycles. The standard InChI is InChI=1S/C22H24O9/c1-27-10-2-4-12-14-9-28-15-7-11(3-5-13(15)21(14)30-16(12)6-10)29-22-20(26)19(25)18(24)17(8-23)31-22/h2-7,14,17-26H,8-9H2,1H3/t14-,17-,18-,19+,20-,21-,22-/m1/s1. The van der Waals surface area contributed by atoms with E-state index in [4.69, 9.17) is 23.7 Å². The number of hydrogen-bond acceptors (Lipinski definition) is 9. The van der Waals surface area contributed by atoms with Crippen LogP contribution in [0.15, 0.2) is 36.4 Å². The predicted octanol–water partition coefficient (Wildman–Crippen LogP) is 0.484. The third-order valence-electron chi connectivity index (χ3n) is 6.05. The highest BCUT2D eigenvalue weighted by Crippen LogP contribution is 2.52. The third-order valence-corrected chi connectivity index (χ3v) is 6.05. The molecule has 5 rings (SSSR count). The summed E-state index contributed by atoms with van der Waals surface area (Å²) in [5, 5.41) is 39.4. The molecule has 2 aromatic rings. The van der Waals surface area contributed by atoms with Crippen LogP contribution in [-0.2, 0) is 4.74 Å². The predicted molar refractivity (Wildman–Crippen MR) is 105 cm³/mol. The van der Waals surface area contributed by atoms with E-state index in [1.54, 1.807) is 19.2 Å². The molecular weight excluding hydrogens is 408 g/mol. The van der Waals surface area contributed by atoms with E-state index >= 15 is 0 Å². The molecule has 9 nitrogen and oxygen atoms in total. The highest BCUT2D eigenvalue weighted by Gasteiger charge is 2.45. The minimum atomic E-state index is -1.51. The molecule has 0 aromatic heterocycles. The van der Waals surface area contributed by atoms with E-state index in [1.165, 1.54) is 0 Å². The van der Waals surface area contributed by atoms with E-state index < -0.39 is 37.3 Å². The number of rotatable bonds is 4. The van der Waals surface area contributed by atoms with Gasteiger partial charge in [0.15, 0.2) is 0 Å². The number of aliphatic hydroxyl groups excluding tert-OH is 4. The Balaban J connectivity index is 1.36. The highest BCUT2D eigenvalue weighted by atomic mass is 16.7. The molecule has 0 saturated carbocycles. The summed E-state index contributed by atoms with van der Waals surface area (Å²) in [6.07, 6.45) is -6.94. The second kappa shape index (κ2) is 7.85. The first kappa shape index (κ1) is 20.3. The van der Waals surface area contributed by atoms with Crippen LogP contribution in [0.3, 0.4) is 0 Å². The molecule has 0 unspecified atom stereocenters. The van der Waals surface area contributed by atoms with Crippen molar-refractivity contribution in [3.05, 3.63) is 47.5 Å². The summed E-state index contributed by atoms with van der Waals surface area (Å²) in [6, 6.07) is 10.9. The molecule has 9 heteroatoms. The average molecular weight is 432 g/mol. The Kier molecular flexibility index (Phi) is 5.15. The zero-order valence-electron chi connectivity index (χ0n) is 16.7. The van der Waals surface area contributed by atoms with E-state index in [2.05, 4.69) is 0 Å². The van der Waals surface area contributed by atoms with Crippen LogP contribution < -0.4 is 18.9 Å². The highest BCUT2D eigenvalue weighted by molar-refractivity contribution is 5.52. The van der Waals surface area contributed by atoms with Crippen molar-refractivity contribution in [1.82, 2.24) is 0 Å². The fourth-order valence-corrected chi connectivity index (χ4v) is 4.32. The topological polar surface area (TPSA) is 127 Å². The van der Waals surface area contributed by atoms with Crippen molar-refractivity contribution in [2.75, 3.05) is 20.3 Å². The third kappa shape index (κ3) is 3.38. The van der Waals surface area contributed by atoms with Crippen molar-refractivity contribution in [2.45, 2.75) is 42.7 Å². The van der Waals surface area contributed by atoms with E-state index in [0.717, 1.165) is 22.6 Å². The summed E-state index contributed by atoms with van der Waals surface area (Å²) in [6.45, 7) is -0.0929. The second-order valence-corrected chi connectivity index (χ2v) is 7.87. The Bertz CT molecular complexity index is 962. The van der Waals surface area contributed by atoms with Crippen molar-refractivity contribution in [3.63, 3.8) is 0 Å². The molecule has 0 spiro atoms. The maximum absolute atomic E-state index is 10.2. The summed E-state index contributed by atoms with van der Waals surface area (Å²) in [5.74, 6) is 2.49. The molecule has 0 amide bonds. The van der Waals surface area contributed by atoms with Crippen LogP contribution in [0, 0.1) is 0 Å². The fourth-order valence-electron chi connectivity index (χ4n) is 4.32. The van der Waals surface area contributed by atoms with Crippen LogP contribution in [0.1, 0.15) is 23.1 Å². The van der Waals surface area contributed by atoms with Crippen molar-refractivity contribution in [2.24, 2.45) is 0 Å². The van der Waals surface area contributed by atoms with Crippen molar-refractivity contribution in [3.8, 4) is 23.0 Å². The monoisotopic (exact) mass is 432 g/mol. The van der Waals surface area contributed by atoms with Gasteiger partial charge in [0.1, 0.15) is 53.5 Å². The van der Waals surface area contributed by atoms with E-state index in [9.17, 15) is 20.4 Å². The minimum absolute atomic E-state index is 0.0608. The first-order valence-electron chi connectivity index (χ1n) is 10.1. The van der Waals surface area contributed by atoms with Crippen LogP contribution >= 0.6 is 0 Å². The van der Waals surface area contributed by atoms with Crippen LogP contribution in [0.2, 0.25) is 0 Å². The van der Waals surface area contributed by atoms with Gasteiger partial charge in [-0.3, -0.25) is 0 Å². The van der Waals surface area contributed by atoms with Gasteiger partial charge in [0.25, 0.3) is 0 Å². The Morgan fingerprint density at radius 2 is 1.68 bits per heavy atom. The Morgan fingerprint density at radius 1 is 0.935 bits per heavy atom. The molecular formula is C22H24O9. The molecule has 166 valence electrons. The summed E-state index contributed by atoms with van der Waals surface area (Å²) < 4.78 is 28.5. The first-order chi connectivity index (χ1) is 15.0. The van der Waals surface area contributed by atoms with Gasteiger partial charge in [-0.1, -0.05) is 6.07 Å². The molecule has 3 aliphatic heterocycles. The van der Waals surface area contributed by atoms with Crippen molar-refractivity contribution in [1.29, 1.82) is 0 Å². The summed E-state index contributed by atoms with van der Waals surface area (Å²) in [7, 11) is 1.61. The van der Waals surface area contributed by atoms with E-state index in [1.807, 2.05) is 24.3 Å². The van der Waals surface area contributed by atoms with Gasteiger partial charge in [0, 0.05) is 23.3 Å². The lowest BCUT2D eigenvalue weighted by molar-refractivity contribution is -0.277. The van der Waals surface area contributed by atoms with Gasteiger partial charge in [-0.15, -0.1) is 0 Å². The van der Waals surface area contributed by atoms with Gasteiger partial charge in [0.05, 0.1) is 26.2 Å². The second-order valence-electron chi connectivity index (χ2n) is 7.87. The largest absolute Gasteiger partial charge is 0.497 e. The first-order valence-corrected chi connectivity index (χ1v) is 10.1. The lowest BCUT2D eigenvalue weighted by Crippen LogP contribution is -2.60. The van der Waals surface area contributed by atoms with Gasteiger partial charge in [0.2, 0.25) is 6.29 Å². The molecule has 1 fully saturated rings. The lowest BCUT2D eigenvalue weighted by Gasteiger charge is -2.39. The average Bonchev–Trinajstić information content (AvgIpc) is 3.17. The zero-order valence-corrected chi connectivity index (χ0v) is 16.7. The van der Waals surface area contributed by atoms with Gasteiger partial charge in [-0.2, -0.15) is 0 Å². The number of hydrogen-bond donors (Lipinski definition) is 4. The Labute approximate surface area is 178 Å². The number of fused-ring (bicyclic) bond motifs is 5. The van der Waals surface area contributed by atoms with Gasteiger partial charge >= 0.3 is 0 Å². The molecule has 0 radical (unpaired) electrons. The van der Waals surface area contributed by atoms with E-state index in [-0.39, 0.29) is 12.0 Å². The summed E-state index contributed by atoms with van der Waals surface area (Å²) in [5.41, 5.74) is 1.94. The Morgan fingerprint density at radius 3 is 2.45 bits per heavy atom. The van der Waals surface area contributed by atoms with Gasteiger partial charge in [-0.25, -0.2) is 0 Å². The zero-order chi connectivity index (χ0) is 21.7. The minimum Gasteiger partial charge on any atom is -0.497 e. The molecule has 4 N–H and O–H groups in total. The molecule has 3 heterocycles. The maximum Gasteiger partial charge on any atom is 0.229 e. The molecule has 31 heavy (non-hydrogen) atoms. The number of benzene rings is 2. The lowest BCUT2D eigenvalue weighted by atomic mass is 9.89. The normalized spacial score (nSPS) is 33.4. The maximum atomic E-state index is 10.2. The van der Waals surface area contributed by atoms with E-state index in [0.29, 0.717) is 18.1 Å². The van der Waals surface area contributed by atoms with Crippen LogP contribution in [-0.4, -0.2) is 71.5 Å². The fraction of sp³-hybridized carbons (Fsp3) is 0.455. The number of methoxy groups -OCH3 is 1. The summed E-state index contributed by atoms with van der Waals surface area (Å²) >= 11 is 0. The number of aliphatic hydroxyl groups is 4. The molecule has 0 aliphatic carbocycles. The SMILES string of the molecule is COc1ccc2c(c1)O[C@@H]1c3ccc(O[C@@H]4O[C@H](CO)[C@@H](O)[C@H](O)[C@H]4O)cc3OC[C@H]21. The molecule has 3 aliphatic rings. The van der Waals surface area contributed by atoms with Crippen molar-refractivity contribution >= 4 is 0 Å². The molecule has 7 atom stereocenters. The Hall–Kier alpha value is -2.56. The smallest absolute Gasteiger partial charge is 0.229 e. The van der Waals surface area contributed by atoms with Crippen molar-refractivity contribution < 1.29 is 44.1 Å². The summed E-state index contributed by atoms with van der Waals surface area (Å²) in [4.78, 5) is 0. The number of ether oxygens (including phenoxy) is 5. The van der Waals surface area contributed by atoms with Gasteiger partial charge in [-0.05, 0) is 18.2 Å². The molecule has 0 bridgehead atoms. The molecule has 1 saturated heterocycles. The van der Waals surface area contributed by atoms with Crippen LogP contribution in [0.5, 0.6) is 23.0 Å². The van der Waals surface area contributed by atoms with Gasteiger partial charge < -0.3 is 44.1 Å². The quantitative estimate of drug-likeness (QED) is 0.546. The van der Waals surface area contributed by atoms with Crippen LogP contribution in [0.4, 0.5) is 0 Å². The van der Waals surface area contributed by atoms with Crippen LogP contribution in [0.25, 0.3) is 0 Å².